The molecule has 1 aromatic rings. The number of hydrogen-bond donors (Lipinski definition) is 0. The molecular weight excluding hydrogens is 182 g/mol. The molecule has 0 heterocycles. The third-order valence-corrected chi connectivity index (χ3v) is 1.56. The minimum absolute atomic E-state index is 0.0427. The second kappa shape index (κ2) is 5.01. The van der Waals surface area contributed by atoms with E-state index in [4.69, 9.17) is 9.47 Å². The van der Waals surface area contributed by atoms with E-state index in [2.05, 4.69) is 4.99 Å². The first-order valence-electron chi connectivity index (χ1n) is 4.04. The topological polar surface area (TPSA) is 47.9 Å². The Morgan fingerprint density at radius 1 is 1.14 bits per heavy atom. The number of carbonyl (C=O) groups excluding carboxylic acids is 1. The van der Waals surface area contributed by atoms with Crippen molar-refractivity contribution in [2.75, 3.05) is 14.2 Å². The number of aliphatic imine (C=N–C) groups is 1. The number of nitrogens with zero attached hydrogens (tertiary/aromatic N) is 1. The van der Waals surface area contributed by atoms with Gasteiger partial charge in [0.1, 0.15) is 0 Å². The van der Waals surface area contributed by atoms with E-state index in [-0.39, 0.29) is 12.0 Å². The molecule has 0 spiro atoms. The highest BCUT2D eigenvalue weighted by Crippen LogP contribution is 2.01. The van der Waals surface area contributed by atoms with Gasteiger partial charge in [0.25, 0.3) is 5.91 Å². The van der Waals surface area contributed by atoms with Crippen LogP contribution in [-0.4, -0.2) is 26.2 Å². The second-order valence-electron chi connectivity index (χ2n) is 2.46. The van der Waals surface area contributed by atoms with Crippen LogP contribution in [0.4, 0.5) is 0 Å². The minimum atomic E-state index is -0.385. The normalized spacial score (nSPS) is 9.00. The summed E-state index contributed by atoms with van der Waals surface area (Å²) in [6, 6.07) is 8.71. The molecule has 1 aromatic carbocycles. The van der Waals surface area contributed by atoms with Crippen molar-refractivity contribution in [1.29, 1.82) is 0 Å². The number of benzene rings is 1. The van der Waals surface area contributed by atoms with E-state index in [1.807, 2.05) is 6.07 Å². The predicted octanol–water partition coefficient (Wildman–Crippen LogP) is 1.48. The zero-order chi connectivity index (χ0) is 10.4. The van der Waals surface area contributed by atoms with Crippen molar-refractivity contribution in [3.63, 3.8) is 0 Å². The van der Waals surface area contributed by atoms with Crippen LogP contribution >= 0.6 is 0 Å². The lowest BCUT2D eigenvalue weighted by molar-refractivity contribution is 0.0992. The number of ether oxygens (including phenoxy) is 2. The maximum Gasteiger partial charge on any atom is 0.391 e. The zero-order valence-electron chi connectivity index (χ0n) is 8.06. The Hall–Kier alpha value is -1.84. The van der Waals surface area contributed by atoms with Gasteiger partial charge in [-0.15, -0.1) is 4.99 Å². The largest absolute Gasteiger partial charge is 0.454 e. The number of hydrogen-bond acceptors (Lipinski definition) is 3. The number of rotatable bonds is 1. The lowest BCUT2D eigenvalue weighted by atomic mass is 10.2. The summed E-state index contributed by atoms with van der Waals surface area (Å²) < 4.78 is 9.40. The van der Waals surface area contributed by atoms with Gasteiger partial charge in [0.05, 0.1) is 14.2 Å². The van der Waals surface area contributed by atoms with E-state index in [9.17, 15) is 4.79 Å². The van der Waals surface area contributed by atoms with Gasteiger partial charge >= 0.3 is 6.08 Å². The molecule has 0 saturated carbocycles. The van der Waals surface area contributed by atoms with Crippen molar-refractivity contribution in [3.05, 3.63) is 35.9 Å². The van der Waals surface area contributed by atoms with E-state index in [1.54, 1.807) is 24.3 Å². The fourth-order valence-corrected chi connectivity index (χ4v) is 0.903. The fourth-order valence-electron chi connectivity index (χ4n) is 0.903. The molecule has 0 aromatic heterocycles. The minimum Gasteiger partial charge on any atom is -0.454 e. The Morgan fingerprint density at radius 3 is 2.21 bits per heavy atom. The summed E-state index contributed by atoms with van der Waals surface area (Å²) in [6.45, 7) is 0. The van der Waals surface area contributed by atoms with Crippen LogP contribution in [0.5, 0.6) is 0 Å². The van der Waals surface area contributed by atoms with Crippen LogP contribution in [0, 0.1) is 0 Å². The van der Waals surface area contributed by atoms with Gasteiger partial charge in [-0.1, -0.05) is 18.2 Å². The van der Waals surface area contributed by atoms with Crippen molar-refractivity contribution in [2.24, 2.45) is 4.99 Å². The summed E-state index contributed by atoms with van der Waals surface area (Å²) in [7, 11) is 2.78. The van der Waals surface area contributed by atoms with Gasteiger partial charge in [0, 0.05) is 5.56 Å². The Balaban J connectivity index is 2.82. The van der Waals surface area contributed by atoms with E-state index in [0.717, 1.165) is 0 Å². The van der Waals surface area contributed by atoms with Gasteiger partial charge in [-0.3, -0.25) is 4.79 Å². The fraction of sp³-hybridized carbons (Fsp3) is 0.200. The smallest absolute Gasteiger partial charge is 0.391 e. The molecule has 4 heteroatoms. The molecule has 0 aliphatic carbocycles. The van der Waals surface area contributed by atoms with E-state index >= 15 is 0 Å². The van der Waals surface area contributed by atoms with Gasteiger partial charge in [-0.25, -0.2) is 0 Å². The van der Waals surface area contributed by atoms with E-state index in [1.165, 1.54) is 14.2 Å². The van der Waals surface area contributed by atoms with Crippen molar-refractivity contribution < 1.29 is 14.3 Å². The van der Waals surface area contributed by atoms with E-state index in [0.29, 0.717) is 5.56 Å². The molecule has 0 unspecified atom stereocenters. The molecule has 0 saturated heterocycles. The molecular formula is C10H11NO3. The Morgan fingerprint density at radius 2 is 1.71 bits per heavy atom. The quantitative estimate of drug-likeness (QED) is 0.501. The van der Waals surface area contributed by atoms with Crippen molar-refractivity contribution in [3.8, 4) is 0 Å². The first-order chi connectivity index (χ1) is 6.77. The van der Waals surface area contributed by atoms with Gasteiger partial charge in [0.2, 0.25) is 0 Å². The number of amides is 1. The molecule has 0 N–H and O–H groups in total. The highest BCUT2D eigenvalue weighted by Gasteiger charge is 2.05. The molecule has 1 amide bonds. The first-order valence-corrected chi connectivity index (χ1v) is 4.04. The molecule has 0 radical (unpaired) electrons. The molecule has 0 bridgehead atoms. The van der Waals surface area contributed by atoms with Crippen LogP contribution in [0.25, 0.3) is 0 Å². The third kappa shape index (κ3) is 2.58. The third-order valence-electron chi connectivity index (χ3n) is 1.56. The maximum absolute atomic E-state index is 11.4. The molecule has 1 rings (SSSR count). The maximum atomic E-state index is 11.4. The molecule has 0 fully saturated rings. The Kier molecular flexibility index (Phi) is 3.67. The molecule has 0 aliphatic rings. The summed E-state index contributed by atoms with van der Waals surface area (Å²) in [6.07, 6.45) is -0.0427. The SMILES string of the molecule is COC(=NC(=O)c1ccccc1)OC. The van der Waals surface area contributed by atoms with Gasteiger partial charge < -0.3 is 9.47 Å². The highest BCUT2D eigenvalue weighted by molar-refractivity contribution is 6.00. The van der Waals surface area contributed by atoms with Crippen molar-refractivity contribution >= 4 is 12.0 Å². The Labute approximate surface area is 82.2 Å². The van der Waals surface area contributed by atoms with Crippen LogP contribution in [0.15, 0.2) is 35.3 Å². The standard InChI is InChI=1S/C10H11NO3/c1-13-10(14-2)11-9(12)8-6-4-3-5-7-8/h3-7H,1-2H3. The highest BCUT2D eigenvalue weighted by atomic mass is 16.7. The summed E-state index contributed by atoms with van der Waals surface area (Å²) in [4.78, 5) is 15.0. The molecule has 4 nitrogen and oxygen atoms in total. The summed E-state index contributed by atoms with van der Waals surface area (Å²) >= 11 is 0. The van der Waals surface area contributed by atoms with Crippen LogP contribution in [-0.2, 0) is 9.47 Å². The zero-order valence-corrected chi connectivity index (χ0v) is 8.06. The lowest BCUT2D eigenvalue weighted by Gasteiger charge is -2.00. The first kappa shape index (κ1) is 10.2. The van der Waals surface area contributed by atoms with Crippen LogP contribution in [0.1, 0.15) is 10.4 Å². The average molecular weight is 193 g/mol. The Bertz CT molecular complexity index is 326. The van der Waals surface area contributed by atoms with Crippen molar-refractivity contribution in [2.45, 2.75) is 0 Å². The number of methoxy groups -OCH3 is 2. The van der Waals surface area contributed by atoms with Gasteiger partial charge in [-0.05, 0) is 12.1 Å². The van der Waals surface area contributed by atoms with Crippen LogP contribution in [0.2, 0.25) is 0 Å². The average Bonchev–Trinajstić information content (AvgIpc) is 2.26. The second-order valence-corrected chi connectivity index (χ2v) is 2.46. The van der Waals surface area contributed by atoms with Crippen LogP contribution < -0.4 is 0 Å². The van der Waals surface area contributed by atoms with Crippen LogP contribution in [0.3, 0.4) is 0 Å². The van der Waals surface area contributed by atoms with Gasteiger partial charge in [0.15, 0.2) is 0 Å². The van der Waals surface area contributed by atoms with E-state index < -0.39 is 0 Å². The summed E-state index contributed by atoms with van der Waals surface area (Å²) in [5.41, 5.74) is 0.499. The van der Waals surface area contributed by atoms with Gasteiger partial charge in [-0.2, -0.15) is 0 Å². The number of carbonyl (C=O) groups is 1. The molecule has 74 valence electrons. The summed E-state index contributed by atoms with van der Waals surface area (Å²) in [5.74, 6) is -0.385. The molecule has 0 aliphatic heterocycles. The monoisotopic (exact) mass is 193 g/mol. The molecule has 0 atom stereocenters. The van der Waals surface area contributed by atoms with Crippen molar-refractivity contribution in [1.82, 2.24) is 0 Å². The summed E-state index contributed by atoms with van der Waals surface area (Å²) in [5, 5.41) is 0. The molecule has 14 heavy (non-hydrogen) atoms. The lowest BCUT2D eigenvalue weighted by Crippen LogP contribution is -2.07. The predicted molar refractivity (Wildman–Crippen MR) is 52.2 cm³/mol.